The summed E-state index contributed by atoms with van der Waals surface area (Å²) in [4.78, 5) is 4.40. The van der Waals surface area contributed by atoms with Gasteiger partial charge in [0.2, 0.25) is 0 Å². The topological polar surface area (TPSA) is 34.1 Å². The highest BCUT2D eigenvalue weighted by molar-refractivity contribution is 9.10. The average molecular weight is 335 g/mol. The first-order valence-electron chi connectivity index (χ1n) is 6.67. The molecule has 0 aliphatic carbocycles. The van der Waals surface area contributed by atoms with Gasteiger partial charge in [0.15, 0.2) is 0 Å². The predicted molar refractivity (Wildman–Crippen MR) is 86.2 cm³/mol. The lowest BCUT2D eigenvalue weighted by Crippen LogP contribution is -2.06. The molecule has 1 aromatic heterocycles. The minimum atomic E-state index is 0.194. The molecule has 0 fully saturated rings. The Balaban J connectivity index is 2.03. The van der Waals surface area contributed by atoms with E-state index in [1.54, 1.807) is 0 Å². The molecule has 0 saturated heterocycles. The maximum Gasteiger partial charge on any atom is 0.120 e. The van der Waals surface area contributed by atoms with Crippen molar-refractivity contribution in [3.8, 4) is 5.75 Å². The van der Waals surface area contributed by atoms with Gasteiger partial charge < -0.3 is 10.1 Å². The van der Waals surface area contributed by atoms with Crippen LogP contribution in [0.2, 0.25) is 0 Å². The molecule has 0 unspecified atom stereocenters. The van der Waals surface area contributed by atoms with Crippen LogP contribution in [-0.4, -0.2) is 11.1 Å². The molecule has 0 amide bonds. The average Bonchev–Trinajstić information content (AvgIpc) is 2.37. The summed E-state index contributed by atoms with van der Waals surface area (Å²) in [6.45, 7) is 6.83. The zero-order valence-electron chi connectivity index (χ0n) is 12.0. The number of rotatable bonds is 5. The van der Waals surface area contributed by atoms with Crippen LogP contribution >= 0.6 is 15.9 Å². The van der Waals surface area contributed by atoms with Crippen LogP contribution in [0, 0.1) is 6.92 Å². The van der Waals surface area contributed by atoms with Crippen LogP contribution in [0.3, 0.4) is 0 Å². The fourth-order valence-electron chi connectivity index (χ4n) is 1.91. The minimum Gasteiger partial charge on any atom is -0.491 e. The van der Waals surface area contributed by atoms with Gasteiger partial charge in [-0.25, -0.2) is 4.98 Å². The van der Waals surface area contributed by atoms with Crippen molar-refractivity contribution in [3.05, 3.63) is 52.3 Å². The maximum atomic E-state index is 5.68. The van der Waals surface area contributed by atoms with Gasteiger partial charge in [-0.1, -0.05) is 6.07 Å². The standard InChI is InChI=1S/C16H19BrN2O/c1-11(2)20-14-7-8-15(12(3)9-14)18-10-13-5-4-6-16(17)19-13/h4-9,11,18H,10H2,1-3H3. The summed E-state index contributed by atoms with van der Waals surface area (Å²) in [5, 5.41) is 3.40. The first-order valence-corrected chi connectivity index (χ1v) is 7.46. The molecule has 2 rings (SSSR count). The Bertz CT molecular complexity index is 584. The van der Waals surface area contributed by atoms with Crippen molar-refractivity contribution in [2.75, 3.05) is 5.32 Å². The van der Waals surface area contributed by atoms with E-state index in [0.717, 1.165) is 27.3 Å². The van der Waals surface area contributed by atoms with Gasteiger partial charge in [0.25, 0.3) is 0 Å². The number of nitrogens with zero attached hydrogens (tertiary/aromatic N) is 1. The molecule has 106 valence electrons. The van der Waals surface area contributed by atoms with Crippen molar-refractivity contribution in [3.63, 3.8) is 0 Å². The molecule has 0 aliphatic heterocycles. The first kappa shape index (κ1) is 14.9. The van der Waals surface area contributed by atoms with Crippen LogP contribution < -0.4 is 10.1 Å². The van der Waals surface area contributed by atoms with Crippen molar-refractivity contribution in [1.82, 2.24) is 4.98 Å². The number of anilines is 1. The Labute approximate surface area is 128 Å². The summed E-state index contributed by atoms with van der Waals surface area (Å²) in [6, 6.07) is 12.0. The number of aromatic nitrogens is 1. The molecule has 1 heterocycles. The molecule has 0 spiro atoms. The van der Waals surface area contributed by atoms with E-state index in [2.05, 4.69) is 39.2 Å². The lowest BCUT2D eigenvalue weighted by atomic mass is 10.2. The highest BCUT2D eigenvalue weighted by Gasteiger charge is 2.03. The minimum absolute atomic E-state index is 0.194. The summed E-state index contributed by atoms with van der Waals surface area (Å²) >= 11 is 3.38. The van der Waals surface area contributed by atoms with E-state index < -0.39 is 0 Å². The molecule has 0 bridgehead atoms. The zero-order chi connectivity index (χ0) is 14.5. The highest BCUT2D eigenvalue weighted by atomic mass is 79.9. The number of hydrogen-bond donors (Lipinski definition) is 1. The normalized spacial score (nSPS) is 10.7. The van der Waals surface area contributed by atoms with E-state index in [4.69, 9.17) is 4.74 Å². The fraction of sp³-hybridized carbons (Fsp3) is 0.312. The molecule has 20 heavy (non-hydrogen) atoms. The number of halogens is 1. The molecule has 3 nitrogen and oxygen atoms in total. The van der Waals surface area contributed by atoms with Gasteiger partial charge in [0.05, 0.1) is 18.3 Å². The van der Waals surface area contributed by atoms with Crippen molar-refractivity contribution >= 4 is 21.6 Å². The van der Waals surface area contributed by atoms with Crippen molar-refractivity contribution in [2.24, 2.45) is 0 Å². The zero-order valence-corrected chi connectivity index (χ0v) is 13.6. The van der Waals surface area contributed by atoms with Crippen LogP contribution in [0.5, 0.6) is 5.75 Å². The molecule has 2 aromatic rings. The Morgan fingerprint density at radius 2 is 2.05 bits per heavy atom. The number of hydrogen-bond acceptors (Lipinski definition) is 3. The van der Waals surface area contributed by atoms with Gasteiger partial charge in [-0.2, -0.15) is 0 Å². The van der Waals surface area contributed by atoms with Crippen LogP contribution in [0.25, 0.3) is 0 Å². The van der Waals surface area contributed by atoms with Crippen LogP contribution in [-0.2, 0) is 6.54 Å². The second kappa shape index (κ2) is 6.75. The van der Waals surface area contributed by atoms with Gasteiger partial charge in [-0.3, -0.25) is 0 Å². The molecule has 0 aliphatic rings. The predicted octanol–water partition coefficient (Wildman–Crippen LogP) is 4.55. The summed E-state index contributed by atoms with van der Waals surface area (Å²) in [5.74, 6) is 0.906. The number of benzene rings is 1. The van der Waals surface area contributed by atoms with Crippen molar-refractivity contribution in [1.29, 1.82) is 0 Å². The molecule has 0 saturated carbocycles. The Hall–Kier alpha value is -1.55. The first-order chi connectivity index (χ1) is 9.54. The smallest absolute Gasteiger partial charge is 0.120 e. The van der Waals surface area contributed by atoms with Gasteiger partial charge in [0.1, 0.15) is 10.4 Å². The van der Waals surface area contributed by atoms with E-state index in [0.29, 0.717) is 6.54 Å². The van der Waals surface area contributed by atoms with Gasteiger partial charge in [-0.15, -0.1) is 0 Å². The third-order valence-corrected chi connectivity index (χ3v) is 3.24. The molecule has 1 N–H and O–H groups in total. The number of pyridine rings is 1. The van der Waals surface area contributed by atoms with E-state index in [-0.39, 0.29) is 6.10 Å². The third-order valence-electron chi connectivity index (χ3n) is 2.80. The number of aryl methyl sites for hydroxylation is 1. The lowest BCUT2D eigenvalue weighted by Gasteiger charge is -2.13. The number of ether oxygens (including phenoxy) is 1. The van der Waals surface area contributed by atoms with Crippen molar-refractivity contribution in [2.45, 2.75) is 33.4 Å². The summed E-state index contributed by atoms with van der Waals surface area (Å²) in [5.41, 5.74) is 3.27. The van der Waals surface area contributed by atoms with Crippen molar-refractivity contribution < 1.29 is 4.74 Å². The fourth-order valence-corrected chi connectivity index (χ4v) is 2.29. The third kappa shape index (κ3) is 4.23. The molecular weight excluding hydrogens is 316 g/mol. The monoisotopic (exact) mass is 334 g/mol. The number of nitrogens with one attached hydrogen (secondary N) is 1. The van der Waals surface area contributed by atoms with E-state index in [1.807, 2.05) is 44.2 Å². The van der Waals surface area contributed by atoms with Crippen LogP contribution in [0.4, 0.5) is 5.69 Å². The molecule has 4 heteroatoms. The Morgan fingerprint density at radius 3 is 2.70 bits per heavy atom. The SMILES string of the molecule is Cc1cc(OC(C)C)ccc1NCc1cccc(Br)n1. The summed E-state index contributed by atoms with van der Waals surface area (Å²) in [7, 11) is 0. The largest absolute Gasteiger partial charge is 0.491 e. The maximum absolute atomic E-state index is 5.68. The second-order valence-corrected chi connectivity index (χ2v) is 5.76. The Kier molecular flexibility index (Phi) is 5.01. The Morgan fingerprint density at radius 1 is 1.25 bits per heavy atom. The second-order valence-electron chi connectivity index (χ2n) is 4.95. The quantitative estimate of drug-likeness (QED) is 0.814. The van der Waals surface area contributed by atoms with Crippen LogP contribution in [0.1, 0.15) is 25.1 Å². The van der Waals surface area contributed by atoms with E-state index >= 15 is 0 Å². The van der Waals surface area contributed by atoms with Gasteiger partial charge in [-0.05, 0) is 72.6 Å². The summed E-state index contributed by atoms with van der Waals surface area (Å²) < 4.78 is 6.54. The van der Waals surface area contributed by atoms with E-state index in [9.17, 15) is 0 Å². The highest BCUT2D eigenvalue weighted by Crippen LogP contribution is 2.22. The van der Waals surface area contributed by atoms with E-state index in [1.165, 1.54) is 0 Å². The van der Waals surface area contributed by atoms with Crippen LogP contribution in [0.15, 0.2) is 41.0 Å². The van der Waals surface area contributed by atoms with Gasteiger partial charge >= 0.3 is 0 Å². The molecule has 0 radical (unpaired) electrons. The molecule has 1 aromatic carbocycles. The summed E-state index contributed by atoms with van der Waals surface area (Å²) in [6.07, 6.45) is 0.194. The van der Waals surface area contributed by atoms with Gasteiger partial charge in [0, 0.05) is 5.69 Å². The lowest BCUT2D eigenvalue weighted by molar-refractivity contribution is 0.242. The molecule has 0 atom stereocenters. The molecular formula is C16H19BrN2O.